The maximum Gasteiger partial charge on any atom is 0.148 e. The zero-order valence-electron chi connectivity index (χ0n) is 10.8. The largest absolute Gasteiger partial charge is 0.377 e. The molecular weight excluding hydrogens is 240 g/mol. The molecular formula is C11H24N2O3S. The third-order valence-electron chi connectivity index (χ3n) is 2.91. The predicted octanol–water partition coefficient (Wildman–Crippen LogP) is -0.269. The van der Waals surface area contributed by atoms with Gasteiger partial charge >= 0.3 is 0 Å². The highest BCUT2D eigenvalue weighted by molar-refractivity contribution is 7.90. The number of nitrogens with zero attached hydrogens (tertiary/aromatic N) is 1. The summed E-state index contributed by atoms with van der Waals surface area (Å²) in [5, 5.41) is 3.34. The maximum absolute atomic E-state index is 11.0. The Hall–Kier alpha value is -0.170. The minimum atomic E-state index is -2.84. The van der Waals surface area contributed by atoms with E-state index in [-0.39, 0.29) is 5.75 Å². The molecule has 17 heavy (non-hydrogen) atoms. The number of nitrogens with one attached hydrogen (secondary N) is 1. The summed E-state index contributed by atoms with van der Waals surface area (Å²) in [6.45, 7) is 4.13. The zero-order chi connectivity index (χ0) is 12.7. The quantitative estimate of drug-likeness (QED) is 0.612. The number of sulfone groups is 1. The van der Waals surface area contributed by atoms with Gasteiger partial charge in [0.25, 0.3) is 0 Å². The average Bonchev–Trinajstić information content (AvgIpc) is 2.73. The highest BCUT2D eigenvalue weighted by Crippen LogP contribution is 2.10. The van der Waals surface area contributed by atoms with Gasteiger partial charge in [-0.25, -0.2) is 8.42 Å². The normalized spacial score (nSPS) is 21.2. The molecule has 1 N–H and O–H groups in total. The predicted molar refractivity (Wildman–Crippen MR) is 69.1 cm³/mol. The van der Waals surface area contributed by atoms with Crippen molar-refractivity contribution in [3.63, 3.8) is 0 Å². The van der Waals surface area contributed by atoms with Crippen molar-refractivity contribution in [2.24, 2.45) is 0 Å². The lowest BCUT2D eigenvalue weighted by Crippen LogP contribution is -2.35. The first kappa shape index (κ1) is 14.9. The summed E-state index contributed by atoms with van der Waals surface area (Å²) >= 11 is 0. The SMILES string of the molecule is CN(CCNCC1CCCO1)CCS(C)(=O)=O. The van der Waals surface area contributed by atoms with Crippen LogP contribution < -0.4 is 5.32 Å². The van der Waals surface area contributed by atoms with Gasteiger partial charge in [0.2, 0.25) is 0 Å². The van der Waals surface area contributed by atoms with Crippen LogP contribution in [-0.2, 0) is 14.6 Å². The second-order valence-electron chi connectivity index (χ2n) is 4.77. The van der Waals surface area contributed by atoms with Gasteiger partial charge < -0.3 is 15.0 Å². The van der Waals surface area contributed by atoms with Crippen LogP contribution in [-0.4, -0.2) is 71.3 Å². The molecule has 1 unspecified atom stereocenters. The summed E-state index contributed by atoms with van der Waals surface area (Å²) in [6.07, 6.45) is 3.96. The van der Waals surface area contributed by atoms with Crippen LogP contribution in [0.1, 0.15) is 12.8 Å². The van der Waals surface area contributed by atoms with Crippen molar-refractivity contribution in [2.75, 3.05) is 51.8 Å². The fraction of sp³-hybridized carbons (Fsp3) is 1.00. The molecule has 0 bridgehead atoms. The molecule has 1 atom stereocenters. The second-order valence-corrected chi connectivity index (χ2v) is 7.03. The van der Waals surface area contributed by atoms with Gasteiger partial charge in [0.15, 0.2) is 0 Å². The number of hydrogen-bond donors (Lipinski definition) is 1. The van der Waals surface area contributed by atoms with E-state index in [2.05, 4.69) is 5.32 Å². The monoisotopic (exact) mass is 264 g/mol. The van der Waals surface area contributed by atoms with Crippen LogP contribution in [0.5, 0.6) is 0 Å². The summed E-state index contributed by atoms with van der Waals surface area (Å²) in [7, 11) is -0.902. The van der Waals surface area contributed by atoms with Gasteiger partial charge in [0.05, 0.1) is 11.9 Å². The Balaban J connectivity index is 1.98. The lowest BCUT2D eigenvalue weighted by molar-refractivity contribution is 0.109. The summed E-state index contributed by atoms with van der Waals surface area (Å²) in [6, 6.07) is 0. The zero-order valence-corrected chi connectivity index (χ0v) is 11.6. The first-order chi connectivity index (χ1) is 7.97. The number of rotatable bonds is 8. The van der Waals surface area contributed by atoms with E-state index in [1.165, 1.54) is 12.7 Å². The molecule has 5 nitrogen and oxygen atoms in total. The highest BCUT2D eigenvalue weighted by Gasteiger charge is 2.14. The van der Waals surface area contributed by atoms with E-state index in [1.54, 1.807) is 0 Å². The van der Waals surface area contributed by atoms with Crippen molar-refractivity contribution < 1.29 is 13.2 Å². The molecule has 1 aliphatic heterocycles. The van der Waals surface area contributed by atoms with Gasteiger partial charge in [-0.2, -0.15) is 0 Å². The van der Waals surface area contributed by atoms with Crippen molar-refractivity contribution in [3.05, 3.63) is 0 Å². The van der Waals surface area contributed by atoms with Crippen LogP contribution in [0.3, 0.4) is 0 Å². The minimum Gasteiger partial charge on any atom is -0.377 e. The van der Waals surface area contributed by atoms with Gasteiger partial charge in [-0.3, -0.25) is 0 Å². The van der Waals surface area contributed by atoms with E-state index in [0.717, 1.165) is 32.7 Å². The standard InChI is InChI=1S/C11H24N2O3S/c1-13(7-9-17(2,14)15)6-5-12-10-11-4-3-8-16-11/h11-12H,3-10H2,1-2H3. The molecule has 0 aromatic heterocycles. The fourth-order valence-electron chi connectivity index (χ4n) is 1.77. The molecule has 0 aromatic carbocycles. The van der Waals surface area contributed by atoms with Crippen LogP contribution in [0.25, 0.3) is 0 Å². The molecule has 1 fully saturated rings. The average molecular weight is 264 g/mol. The molecule has 1 saturated heterocycles. The molecule has 0 aliphatic carbocycles. The van der Waals surface area contributed by atoms with Crippen molar-refractivity contribution in [1.29, 1.82) is 0 Å². The lowest BCUT2D eigenvalue weighted by Gasteiger charge is -2.17. The number of hydrogen-bond acceptors (Lipinski definition) is 5. The van der Waals surface area contributed by atoms with Gasteiger partial charge in [0.1, 0.15) is 9.84 Å². The molecule has 1 aliphatic rings. The molecule has 102 valence electrons. The van der Waals surface area contributed by atoms with Crippen molar-refractivity contribution >= 4 is 9.84 Å². The van der Waals surface area contributed by atoms with Crippen LogP contribution in [0.2, 0.25) is 0 Å². The van der Waals surface area contributed by atoms with E-state index >= 15 is 0 Å². The smallest absolute Gasteiger partial charge is 0.148 e. The Bertz CT molecular complexity index is 300. The fourth-order valence-corrected chi connectivity index (χ4v) is 2.42. The molecule has 0 amide bonds. The highest BCUT2D eigenvalue weighted by atomic mass is 32.2. The molecule has 0 radical (unpaired) electrons. The van der Waals surface area contributed by atoms with Crippen molar-refractivity contribution in [1.82, 2.24) is 10.2 Å². The van der Waals surface area contributed by atoms with E-state index < -0.39 is 9.84 Å². The van der Waals surface area contributed by atoms with Gasteiger partial charge in [-0.15, -0.1) is 0 Å². The number of ether oxygens (including phenoxy) is 1. The van der Waals surface area contributed by atoms with E-state index in [1.807, 2.05) is 11.9 Å². The summed E-state index contributed by atoms with van der Waals surface area (Å²) < 4.78 is 27.5. The summed E-state index contributed by atoms with van der Waals surface area (Å²) in [5.74, 6) is 0.231. The summed E-state index contributed by atoms with van der Waals surface area (Å²) in [5.41, 5.74) is 0. The molecule has 0 saturated carbocycles. The molecule has 1 heterocycles. The number of likely N-dealkylation sites (N-methyl/N-ethyl adjacent to an activating group) is 1. The Morgan fingerprint density at radius 3 is 2.76 bits per heavy atom. The van der Waals surface area contributed by atoms with E-state index in [0.29, 0.717) is 12.6 Å². The van der Waals surface area contributed by atoms with E-state index in [9.17, 15) is 8.42 Å². The molecule has 0 spiro atoms. The molecule has 0 aromatic rings. The molecule has 6 heteroatoms. The van der Waals surface area contributed by atoms with Gasteiger partial charge in [0, 0.05) is 39.0 Å². The summed E-state index contributed by atoms with van der Waals surface area (Å²) in [4.78, 5) is 2.03. The Morgan fingerprint density at radius 1 is 1.41 bits per heavy atom. The second kappa shape index (κ2) is 7.31. The lowest BCUT2D eigenvalue weighted by atomic mass is 10.2. The molecule has 1 rings (SSSR count). The van der Waals surface area contributed by atoms with E-state index in [4.69, 9.17) is 4.74 Å². The first-order valence-corrected chi connectivity index (χ1v) is 8.22. The topological polar surface area (TPSA) is 58.6 Å². The third-order valence-corrected chi connectivity index (χ3v) is 3.83. The third kappa shape index (κ3) is 7.70. The van der Waals surface area contributed by atoms with Gasteiger partial charge in [-0.1, -0.05) is 0 Å². The van der Waals surface area contributed by atoms with Crippen molar-refractivity contribution in [2.45, 2.75) is 18.9 Å². The van der Waals surface area contributed by atoms with Crippen LogP contribution in [0.15, 0.2) is 0 Å². The van der Waals surface area contributed by atoms with Crippen LogP contribution in [0.4, 0.5) is 0 Å². The van der Waals surface area contributed by atoms with Crippen molar-refractivity contribution in [3.8, 4) is 0 Å². The Morgan fingerprint density at radius 2 is 2.18 bits per heavy atom. The minimum absolute atomic E-state index is 0.231. The Labute approximate surface area is 104 Å². The van der Waals surface area contributed by atoms with Gasteiger partial charge in [-0.05, 0) is 19.9 Å². The Kier molecular flexibility index (Phi) is 6.40. The van der Waals surface area contributed by atoms with Crippen LogP contribution in [0, 0.1) is 0 Å². The van der Waals surface area contributed by atoms with Crippen LogP contribution >= 0.6 is 0 Å². The first-order valence-electron chi connectivity index (χ1n) is 6.16. The maximum atomic E-state index is 11.0.